The Hall–Kier alpha value is 1.78. The first-order valence-corrected chi connectivity index (χ1v) is 5.17. The molecule has 0 rings (SSSR count). The molecule has 0 aromatic carbocycles. The molecule has 0 heterocycles. The second-order valence-electron chi connectivity index (χ2n) is 0.459. The summed E-state index contributed by atoms with van der Waals surface area (Å²) < 4.78 is 49.7. The number of halogens is 2. The third kappa shape index (κ3) is 187. The van der Waals surface area contributed by atoms with Gasteiger partial charge in [-0.3, -0.25) is 10.3 Å². The van der Waals surface area contributed by atoms with Crippen LogP contribution in [0.5, 0.6) is 0 Å². The van der Waals surface area contributed by atoms with E-state index in [2.05, 4.69) is 0 Å². The predicted molar refractivity (Wildman–Crippen MR) is 2.22 cm³/mol. The molecule has 0 saturated heterocycles. The van der Waals surface area contributed by atoms with Crippen molar-refractivity contribution in [2.45, 2.75) is 0 Å². The van der Waals surface area contributed by atoms with Gasteiger partial charge in [-0.2, -0.15) is 0 Å². The van der Waals surface area contributed by atoms with E-state index in [1.54, 1.807) is 0 Å². The fourth-order valence-electron chi connectivity index (χ4n) is 0. The van der Waals surface area contributed by atoms with Gasteiger partial charge >= 0.3 is 49.7 Å². The Balaban J connectivity index is -0.0000000800. The van der Waals surface area contributed by atoms with Gasteiger partial charge in [-0.25, -0.2) is 0 Å². The van der Waals surface area contributed by atoms with Gasteiger partial charge in [0.25, 0.3) is 0 Å². The normalized spacial score (nSPS) is 8.67. The molecule has 52 valence electrons. The number of hydrogen-bond donors (Lipinski definition) is 1. The molecule has 0 fully saturated rings. The Kier molecular flexibility index (Phi) is 18.5. The fraction of sp³-hybridized carbons (Fsp3) is 0. The summed E-state index contributed by atoms with van der Waals surface area (Å²) in [6.45, 7) is 0. The van der Waals surface area contributed by atoms with Crippen molar-refractivity contribution in [1.29, 1.82) is 0 Å². The predicted octanol–water partition coefficient (Wildman–Crippen LogP) is -12.5. The van der Waals surface area contributed by atoms with Gasteiger partial charge in [0.1, 0.15) is 0 Å². The minimum Gasteiger partial charge on any atom is -0.544 e. The Labute approximate surface area is 83.2 Å². The molecule has 9 heavy (non-hydrogen) atoms. The minimum atomic E-state index is -5.69. The van der Waals surface area contributed by atoms with Crippen molar-refractivity contribution in [2.24, 2.45) is 0 Å². The molecule has 1 N–H and O–H groups in total. The molecule has 9 heteroatoms. The summed E-state index contributed by atoms with van der Waals surface area (Å²) >= 11 is -6.11. The van der Waals surface area contributed by atoms with Crippen LogP contribution in [0.4, 0.5) is 0 Å². The van der Waals surface area contributed by atoms with E-state index in [1.165, 1.54) is 0 Å². The van der Waals surface area contributed by atoms with Gasteiger partial charge in [0, 0.05) is 3.44 Å². The maximum absolute atomic E-state index is 8.73. The van der Waals surface area contributed by atoms with Crippen molar-refractivity contribution in [2.75, 3.05) is 0 Å². The summed E-state index contributed by atoms with van der Waals surface area (Å²) in [5.41, 5.74) is 0. The molecule has 0 aliphatic heterocycles. The molecule has 0 unspecified atom stereocenters. The summed E-state index contributed by atoms with van der Waals surface area (Å²) in [5, 5.41) is 0. The minimum absolute atomic E-state index is 0. The number of rotatable bonds is 0. The molecule has 0 aliphatic carbocycles. The van der Waals surface area contributed by atoms with Gasteiger partial charge in [0.05, 0.1) is 11.3 Å². The largest absolute Gasteiger partial charge is 1.00 e. The summed E-state index contributed by atoms with van der Waals surface area (Å²) in [6.07, 6.45) is 0. The standard InChI is InChI=1S/ClO2.HIO4.Na/c2-1-3;2-1(3,4)5;/h;2H;/q-1;;+1. The fourth-order valence-corrected chi connectivity index (χ4v) is 0. The molecule has 0 atom stereocenters. The van der Waals surface area contributed by atoms with Gasteiger partial charge in [0.2, 0.25) is 0 Å². The third-order valence-corrected chi connectivity index (χ3v) is 0. The third-order valence-electron chi connectivity index (χ3n) is 0. The van der Waals surface area contributed by atoms with E-state index in [9.17, 15) is 0 Å². The van der Waals surface area contributed by atoms with Gasteiger partial charge in [0.15, 0.2) is 0 Å². The second kappa shape index (κ2) is 9.78. The van der Waals surface area contributed by atoms with E-state index >= 15 is 0 Å². The van der Waals surface area contributed by atoms with Crippen LogP contribution in [0, 0.1) is 11.3 Å². The van der Waals surface area contributed by atoms with Crippen LogP contribution in [0.3, 0.4) is 0 Å². The first-order valence-electron chi connectivity index (χ1n) is 0.941. The molecular formula is HClINaO6. The maximum atomic E-state index is 8.73. The molecule has 0 radical (unpaired) electrons. The topological polar surface area (TPSA) is 136 Å². The summed E-state index contributed by atoms with van der Waals surface area (Å²) in [7, 11) is 0. The monoisotopic (exact) mass is 282 g/mol. The van der Waals surface area contributed by atoms with E-state index in [-0.39, 0.29) is 29.6 Å². The van der Waals surface area contributed by atoms with Gasteiger partial charge < -0.3 is 9.32 Å². The van der Waals surface area contributed by atoms with Crippen molar-refractivity contribution in [3.05, 3.63) is 0 Å². The average molecular weight is 282 g/mol. The van der Waals surface area contributed by atoms with E-state index in [4.69, 9.17) is 23.1 Å². The molecule has 0 aromatic rings. The van der Waals surface area contributed by atoms with Gasteiger partial charge in [-0.15, -0.1) is 0 Å². The Morgan fingerprint density at radius 3 is 1.11 bits per heavy atom. The molecule has 0 bridgehead atoms. The SMILES string of the molecule is [Na+].[O-][Cl+][O-].[O-][I+3]([O-])([O-])O. The van der Waals surface area contributed by atoms with Crippen molar-refractivity contribution in [3.63, 3.8) is 0 Å². The van der Waals surface area contributed by atoms with E-state index in [0.717, 1.165) is 0 Å². The van der Waals surface area contributed by atoms with E-state index in [0.29, 0.717) is 0 Å². The van der Waals surface area contributed by atoms with Crippen molar-refractivity contribution >= 4 is 0 Å². The quantitative estimate of drug-likeness (QED) is 0.346. The average Bonchev–Trinajstić information content (AvgIpc) is 1.27. The zero-order valence-corrected chi connectivity index (χ0v) is 9.16. The van der Waals surface area contributed by atoms with E-state index in [1.807, 2.05) is 0 Å². The van der Waals surface area contributed by atoms with E-state index < -0.39 is 31.4 Å². The van der Waals surface area contributed by atoms with Gasteiger partial charge in [-0.05, 0) is 0 Å². The molecule has 6 nitrogen and oxygen atoms in total. The summed E-state index contributed by atoms with van der Waals surface area (Å²) in [5.74, 6) is 0. The van der Waals surface area contributed by atoms with Crippen LogP contribution in [-0.2, 0) is 0 Å². The first kappa shape index (κ1) is 17.0. The summed E-state index contributed by atoms with van der Waals surface area (Å²) in [4.78, 5) is 0. The van der Waals surface area contributed by atoms with Crippen LogP contribution in [0.1, 0.15) is 0 Å². The Morgan fingerprint density at radius 2 is 1.11 bits per heavy atom. The molecule has 0 aliphatic rings. The second-order valence-corrected chi connectivity index (χ2v) is 2.85. The Bertz CT molecular complexity index is 36.8. The Morgan fingerprint density at radius 1 is 1.11 bits per heavy atom. The molecule has 0 saturated carbocycles. The smallest absolute Gasteiger partial charge is 0.544 e. The van der Waals surface area contributed by atoms with Crippen molar-refractivity contribution in [3.8, 4) is 0 Å². The molecule has 0 aromatic heterocycles. The molecule has 0 spiro atoms. The van der Waals surface area contributed by atoms with Crippen molar-refractivity contribution in [1.82, 2.24) is 0 Å². The van der Waals surface area contributed by atoms with Crippen LogP contribution in [0.15, 0.2) is 0 Å². The van der Waals surface area contributed by atoms with Crippen LogP contribution in [0.25, 0.3) is 0 Å². The van der Waals surface area contributed by atoms with Crippen LogP contribution >= 0.6 is 0 Å². The van der Waals surface area contributed by atoms with Crippen molar-refractivity contribution < 1.29 is 84.0 Å². The van der Waals surface area contributed by atoms with Crippen LogP contribution < -0.4 is 69.3 Å². The van der Waals surface area contributed by atoms with Crippen LogP contribution in [0.2, 0.25) is 0 Å². The molecular weight excluding hydrogens is 281 g/mol. The van der Waals surface area contributed by atoms with Gasteiger partial charge in [-0.1, -0.05) is 0 Å². The summed E-state index contributed by atoms with van der Waals surface area (Å²) in [6, 6.07) is 0. The van der Waals surface area contributed by atoms with Crippen LogP contribution in [-0.4, -0.2) is 3.44 Å². The number of hydrogen-bond acceptors (Lipinski definition) is 6. The molecule has 0 amide bonds. The maximum Gasteiger partial charge on any atom is 1.00 e. The first-order chi connectivity index (χ1) is 3.41. The zero-order chi connectivity index (χ0) is 7.21. The zero-order valence-electron chi connectivity index (χ0n) is 4.24.